The van der Waals surface area contributed by atoms with Crippen LogP contribution in [0.15, 0.2) is 24.3 Å². The average molecular weight is 718 g/mol. The van der Waals surface area contributed by atoms with E-state index in [1.165, 1.54) is 28.1 Å². The van der Waals surface area contributed by atoms with E-state index in [4.69, 9.17) is 37.9 Å². The van der Waals surface area contributed by atoms with Gasteiger partial charge < -0.3 is 48.1 Å². The van der Waals surface area contributed by atoms with E-state index in [-0.39, 0.29) is 18.6 Å². The first-order valence-electron chi connectivity index (χ1n) is 17.8. The van der Waals surface area contributed by atoms with E-state index < -0.39 is 106 Å². The topological polar surface area (TPSA) is 169 Å². The van der Waals surface area contributed by atoms with Crippen LogP contribution in [-0.4, -0.2) is 142 Å². The lowest BCUT2D eigenvalue weighted by Gasteiger charge is -2.70. The Morgan fingerprint density at radius 1 is 0.902 bits per heavy atom. The Hall–Kier alpha value is -2.85. The molecule has 15 atom stereocenters. The number of ether oxygens (including phenoxy) is 8. The Morgan fingerprint density at radius 2 is 1.61 bits per heavy atom. The number of carbonyl (C=O) groups excluding carboxylic acids is 3. The summed E-state index contributed by atoms with van der Waals surface area (Å²) in [6.07, 6.45) is -5.60. The molecule has 6 aliphatic rings. The second-order valence-corrected chi connectivity index (χ2v) is 15.4. The van der Waals surface area contributed by atoms with Crippen LogP contribution in [0.4, 0.5) is 0 Å². The highest BCUT2D eigenvalue weighted by Crippen LogP contribution is 2.80. The van der Waals surface area contributed by atoms with Crippen LogP contribution in [0.1, 0.15) is 44.0 Å². The third kappa shape index (κ3) is 4.50. The van der Waals surface area contributed by atoms with Crippen molar-refractivity contribution in [2.24, 2.45) is 34.5 Å². The van der Waals surface area contributed by atoms with Gasteiger partial charge in [0, 0.05) is 89.9 Å². The van der Waals surface area contributed by atoms with E-state index in [0.717, 1.165) is 0 Å². The van der Waals surface area contributed by atoms with E-state index in [1.807, 2.05) is 6.92 Å². The minimum absolute atomic E-state index is 0.0334. The molecule has 5 aliphatic carbocycles. The Bertz CT molecular complexity index is 1540. The van der Waals surface area contributed by atoms with Crippen molar-refractivity contribution in [3.8, 4) is 5.75 Å². The average Bonchev–Trinajstić information content (AvgIpc) is 3.47. The summed E-state index contributed by atoms with van der Waals surface area (Å²) in [4.78, 5) is 42.4. The van der Waals surface area contributed by atoms with Gasteiger partial charge in [0.15, 0.2) is 5.60 Å². The van der Waals surface area contributed by atoms with Gasteiger partial charge in [-0.1, -0.05) is 6.92 Å². The number of carbonyl (C=O) groups is 3. The number of hydrogen-bond donors (Lipinski definition) is 2. The highest BCUT2D eigenvalue weighted by atomic mass is 16.6. The van der Waals surface area contributed by atoms with Gasteiger partial charge in [-0.3, -0.25) is 14.5 Å². The third-order valence-electron chi connectivity index (χ3n) is 13.8. The summed E-state index contributed by atoms with van der Waals surface area (Å²) in [5.74, 6) is -3.84. The summed E-state index contributed by atoms with van der Waals surface area (Å²) >= 11 is 0. The van der Waals surface area contributed by atoms with E-state index in [2.05, 4.69) is 4.90 Å². The normalized spacial score (nSPS) is 46.0. The van der Waals surface area contributed by atoms with E-state index in [1.54, 1.807) is 45.6 Å². The molecule has 0 aromatic heterocycles. The van der Waals surface area contributed by atoms with Crippen LogP contribution >= 0.6 is 0 Å². The fraction of sp³-hybridized carbons (Fsp3) is 0.757. The van der Waals surface area contributed by atoms with Gasteiger partial charge in [-0.25, -0.2) is 4.79 Å². The lowest BCUT2D eigenvalue weighted by molar-refractivity contribution is -0.322. The summed E-state index contributed by atoms with van der Waals surface area (Å²) < 4.78 is 49.3. The lowest BCUT2D eigenvalue weighted by atomic mass is 9.42. The zero-order valence-corrected chi connectivity index (χ0v) is 30.5. The Kier molecular flexibility index (Phi) is 9.04. The van der Waals surface area contributed by atoms with Gasteiger partial charge in [-0.15, -0.1) is 0 Å². The van der Waals surface area contributed by atoms with Crippen molar-refractivity contribution < 1.29 is 62.5 Å². The van der Waals surface area contributed by atoms with Gasteiger partial charge in [0.1, 0.15) is 35.8 Å². The second kappa shape index (κ2) is 12.6. The summed E-state index contributed by atoms with van der Waals surface area (Å²) in [7, 11) is 7.75. The van der Waals surface area contributed by atoms with Gasteiger partial charge in [0.05, 0.1) is 31.5 Å². The molecule has 0 amide bonds. The van der Waals surface area contributed by atoms with Crippen molar-refractivity contribution in [2.75, 3.05) is 55.2 Å². The minimum Gasteiger partial charge on any atom is -0.497 e. The molecule has 7 rings (SSSR count). The van der Waals surface area contributed by atoms with Crippen molar-refractivity contribution in [3.63, 3.8) is 0 Å². The zero-order chi connectivity index (χ0) is 36.8. The van der Waals surface area contributed by atoms with Crippen LogP contribution < -0.4 is 4.74 Å². The molecular formula is C37H51NO13. The van der Waals surface area contributed by atoms with Gasteiger partial charge in [0.25, 0.3) is 0 Å². The maximum Gasteiger partial charge on any atom is 0.338 e. The number of aliphatic hydroxyl groups excluding tert-OH is 1. The summed E-state index contributed by atoms with van der Waals surface area (Å²) in [6, 6.07) is 6.03. The molecule has 282 valence electrons. The number of rotatable bonds is 11. The van der Waals surface area contributed by atoms with Crippen molar-refractivity contribution in [2.45, 2.75) is 87.5 Å². The standard InChI is InChI=1S/C37H51NO13/c1-9-38-16-34(17-44-4)23(49-18(2)39)14-24(46-6)36-22-15-35(43)31(50-33(42)20-10-12-21(45-5)13-11-20)25(22)37(51-19(3)40,30(41)32(35)48-8)26(29(36)38)27(47-7)28(34)36/h10-13,22-32,41,43H,9,14-17H2,1-8H3/t22-,23-,24?,25-,26?,27?,28-,29?,30+,31-,32+,34+,35-,36?,37-/m1/s1. The number of methoxy groups -OCH3 is 5. The van der Waals surface area contributed by atoms with Crippen molar-refractivity contribution in [1.82, 2.24) is 4.90 Å². The Labute approximate surface area is 297 Å². The molecule has 7 bridgehead atoms. The van der Waals surface area contributed by atoms with Crippen LogP contribution in [0.2, 0.25) is 0 Å². The van der Waals surface area contributed by atoms with Gasteiger partial charge in [-0.05, 0) is 43.1 Å². The Balaban J connectivity index is 1.50. The molecule has 0 radical (unpaired) electrons. The van der Waals surface area contributed by atoms with E-state index >= 15 is 0 Å². The Morgan fingerprint density at radius 3 is 2.16 bits per heavy atom. The predicted molar refractivity (Wildman–Crippen MR) is 177 cm³/mol. The number of fused-ring (bicyclic) bond motifs is 2. The van der Waals surface area contributed by atoms with Crippen LogP contribution in [-0.2, 0) is 42.7 Å². The molecule has 5 saturated carbocycles. The predicted octanol–water partition coefficient (Wildman–Crippen LogP) is 1.23. The smallest absolute Gasteiger partial charge is 0.338 e. The number of benzene rings is 1. The fourth-order valence-corrected chi connectivity index (χ4v) is 12.8. The number of nitrogens with zero attached hydrogens (tertiary/aromatic N) is 1. The largest absolute Gasteiger partial charge is 0.497 e. The van der Waals surface area contributed by atoms with E-state index in [0.29, 0.717) is 25.3 Å². The number of likely N-dealkylation sites (tertiary alicyclic amines) is 1. The first-order chi connectivity index (χ1) is 24.3. The molecule has 14 nitrogen and oxygen atoms in total. The molecule has 1 aliphatic heterocycles. The maximum atomic E-state index is 14.0. The highest BCUT2D eigenvalue weighted by Gasteiger charge is 2.92. The zero-order valence-electron chi connectivity index (χ0n) is 30.5. The SMILES string of the molecule is CCN1C[C@]2(COC)[C@H](OC(C)=O)CC(OC)C34C1C(C(OC)[C@@H]32)[C@]1(OC(C)=O)[C@@H]2[C@H]4C[C@@](O)([C@@H]2OC(=O)c2ccc(OC)cc2)[C@@H](OC)[C@@H]1O. The number of aliphatic hydroxyl groups is 2. The molecule has 1 aromatic carbocycles. The van der Waals surface area contributed by atoms with Gasteiger partial charge >= 0.3 is 17.9 Å². The monoisotopic (exact) mass is 717 g/mol. The molecule has 1 spiro atoms. The van der Waals surface area contributed by atoms with Crippen LogP contribution in [0.3, 0.4) is 0 Å². The number of piperidine rings is 1. The molecule has 51 heavy (non-hydrogen) atoms. The highest BCUT2D eigenvalue weighted by molar-refractivity contribution is 5.89. The van der Waals surface area contributed by atoms with Crippen molar-refractivity contribution in [3.05, 3.63) is 29.8 Å². The maximum absolute atomic E-state index is 14.0. The van der Waals surface area contributed by atoms with Crippen molar-refractivity contribution in [1.29, 1.82) is 0 Å². The third-order valence-corrected chi connectivity index (χ3v) is 13.8. The molecular weight excluding hydrogens is 666 g/mol. The fourth-order valence-electron chi connectivity index (χ4n) is 12.8. The molecule has 1 aromatic rings. The second-order valence-electron chi connectivity index (χ2n) is 15.4. The summed E-state index contributed by atoms with van der Waals surface area (Å²) in [5.41, 5.74) is -5.07. The van der Waals surface area contributed by atoms with Gasteiger partial charge in [0.2, 0.25) is 0 Å². The molecule has 5 unspecified atom stereocenters. The van der Waals surface area contributed by atoms with Gasteiger partial charge in [-0.2, -0.15) is 0 Å². The molecule has 14 heteroatoms. The van der Waals surface area contributed by atoms with E-state index in [9.17, 15) is 24.6 Å². The molecule has 2 N–H and O–H groups in total. The molecule has 6 fully saturated rings. The first kappa shape index (κ1) is 36.5. The number of esters is 3. The summed E-state index contributed by atoms with van der Waals surface area (Å²) in [6.45, 7) is 5.95. The lowest BCUT2D eigenvalue weighted by Crippen LogP contribution is -2.81. The quantitative estimate of drug-likeness (QED) is 0.248. The molecule has 1 saturated heterocycles. The molecule has 1 heterocycles. The van der Waals surface area contributed by atoms with Crippen LogP contribution in [0, 0.1) is 34.5 Å². The van der Waals surface area contributed by atoms with Crippen molar-refractivity contribution >= 4 is 17.9 Å². The van der Waals surface area contributed by atoms with Crippen LogP contribution in [0.25, 0.3) is 0 Å². The first-order valence-corrected chi connectivity index (χ1v) is 17.8. The number of hydrogen-bond acceptors (Lipinski definition) is 14. The summed E-state index contributed by atoms with van der Waals surface area (Å²) in [5, 5.41) is 25.6. The van der Waals surface area contributed by atoms with Crippen LogP contribution in [0.5, 0.6) is 5.75 Å². The minimum atomic E-state index is -1.89.